The molecule has 3 aromatic rings. The predicted octanol–water partition coefficient (Wildman–Crippen LogP) is 4.52. The maximum atomic E-state index is 13.2. The van der Waals surface area contributed by atoms with Crippen LogP contribution in [-0.4, -0.2) is 53.0 Å². The van der Waals surface area contributed by atoms with Gasteiger partial charge in [-0.15, -0.1) is 0 Å². The Morgan fingerprint density at radius 2 is 1.84 bits per heavy atom. The van der Waals surface area contributed by atoms with Crippen LogP contribution in [0.2, 0.25) is 0 Å². The monoisotopic (exact) mass is 415 g/mol. The molecule has 2 bridgehead atoms. The lowest BCUT2D eigenvalue weighted by Crippen LogP contribution is -2.49. The van der Waals surface area contributed by atoms with Gasteiger partial charge in [0.2, 0.25) is 0 Å². The lowest BCUT2D eigenvalue weighted by molar-refractivity contribution is 0.0563. The quantitative estimate of drug-likeness (QED) is 0.629. The summed E-state index contributed by atoms with van der Waals surface area (Å²) in [7, 11) is 1.72. The molecule has 0 aliphatic carbocycles. The second-order valence-corrected chi connectivity index (χ2v) is 8.90. The van der Waals surface area contributed by atoms with E-state index in [0.29, 0.717) is 17.8 Å². The summed E-state index contributed by atoms with van der Waals surface area (Å²) in [6, 6.07) is 15.2. The third-order valence-electron chi connectivity index (χ3n) is 7.34. The Kier molecular flexibility index (Phi) is 4.94. The van der Waals surface area contributed by atoms with Crippen LogP contribution in [0, 0.1) is 13.8 Å². The predicted molar refractivity (Wildman–Crippen MR) is 123 cm³/mol. The van der Waals surface area contributed by atoms with Gasteiger partial charge in [-0.05, 0) is 61.4 Å². The number of benzene rings is 2. The molecule has 3 atom stereocenters. The van der Waals surface area contributed by atoms with Gasteiger partial charge in [0, 0.05) is 42.8 Å². The van der Waals surface area contributed by atoms with Crippen LogP contribution in [0.1, 0.15) is 46.6 Å². The Balaban J connectivity index is 1.33. The number of ether oxygens (including phenoxy) is 1. The number of fused-ring (bicyclic) bond motifs is 3. The van der Waals surface area contributed by atoms with E-state index in [0.717, 1.165) is 36.0 Å². The first kappa shape index (κ1) is 20.0. The van der Waals surface area contributed by atoms with Crippen LogP contribution < -0.4 is 4.74 Å². The molecule has 0 saturated carbocycles. The second-order valence-electron chi connectivity index (χ2n) is 8.90. The van der Waals surface area contributed by atoms with Gasteiger partial charge in [0.05, 0.1) is 7.11 Å². The minimum absolute atomic E-state index is 0.0574. The average Bonchev–Trinajstić information content (AvgIpc) is 3.41. The molecule has 0 radical (unpaired) electrons. The summed E-state index contributed by atoms with van der Waals surface area (Å²) in [4.78, 5) is 22.3. The summed E-state index contributed by atoms with van der Waals surface area (Å²) in [5.41, 5.74) is 4.39. The van der Waals surface area contributed by atoms with Crippen molar-refractivity contribution in [2.24, 2.45) is 0 Å². The fraction of sp³-hybridized carbons (Fsp3) is 0.385. The van der Waals surface area contributed by atoms with Crippen molar-refractivity contribution in [1.82, 2.24) is 14.8 Å². The maximum Gasteiger partial charge on any atom is 0.272 e. The molecule has 160 valence electrons. The summed E-state index contributed by atoms with van der Waals surface area (Å²) >= 11 is 0. The van der Waals surface area contributed by atoms with Crippen LogP contribution in [0.15, 0.2) is 48.7 Å². The van der Waals surface area contributed by atoms with E-state index in [1.807, 2.05) is 35.2 Å². The highest BCUT2D eigenvalue weighted by Crippen LogP contribution is 2.39. The molecule has 1 amide bonds. The largest absolute Gasteiger partial charge is 0.496 e. The molecule has 0 spiro atoms. The second kappa shape index (κ2) is 7.65. The number of carbonyl (C=O) groups excluding carboxylic acids is 1. The smallest absolute Gasteiger partial charge is 0.272 e. The van der Waals surface area contributed by atoms with Gasteiger partial charge >= 0.3 is 0 Å². The zero-order valence-electron chi connectivity index (χ0n) is 18.6. The van der Waals surface area contributed by atoms with Crippen LogP contribution in [0.5, 0.6) is 5.75 Å². The molecule has 5 nitrogen and oxygen atoms in total. The number of amides is 1. The molecule has 3 heterocycles. The topological polar surface area (TPSA) is 45.7 Å². The zero-order chi connectivity index (χ0) is 21.7. The van der Waals surface area contributed by atoms with Gasteiger partial charge in [-0.25, -0.2) is 0 Å². The van der Waals surface area contributed by atoms with Gasteiger partial charge in [0.25, 0.3) is 5.91 Å². The van der Waals surface area contributed by atoms with Crippen molar-refractivity contribution in [2.75, 3.05) is 20.2 Å². The van der Waals surface area contributed by atoms with Gasteiger partial charge in [-0.1, -0.05) is 30.3 Å². The molecule has 0 N–H and O–H groups in total. The van der Waals surface area contributed by atoms with E-state index in [1.54, 1.807) is 13.3 Å². The molecule has 1 aromatic heterocycles. The Hall–Kier alpha value is -2.92. The number of hydrogen-bond donors (Lipinski definition) is 0. The van der Waals surface area contributed by atoms with Crippen molar-refractivity contribution < 1.29 is 9.53 Å². The molecular weight excluding hydrogens is 386 g/mol. The Bertz CT molecular complexity index is 1160. The first-order valence-electron chi connectivity index (χ1n) is 11.0. The number of likely N-dealkylation sites (tertiary alicyclic amines) is 2. The van der Waals surface area contributed by atoms with Crippen molar-refractivity contribution in [3.8, 4) is 5.75 Å². The van der Waals surface area contributed by atoms with Crippen LogP contribution in [0.3, 0.4) is 0 Å². The molecule has 2 aliphatic heterocycles. The van der Waals surface area contributed by atoms with Crippen LogP contribution >= 0.6 is 0 Å². The molecule has 0 unspecified atom stereocenters. The first-order chi connectivity index (χ1) is 15.0. The average molecular weight is 416 g/mol. The van der Waals surface area contributed by atoms with Crippen LogP contribution in [-0.2, 0) is 0 Å². The standard InChI is InChI=1S/C26H29N3O2/c1-16-17(2)25(31-4)10-9-23(16)18(3)28-14-22-12-21(28)15-29(22)26(30)24-11-19-7-5-6-8-20(19)13-27-24/h5-11,13,18,21-22H,12,14-15H2,1-4H3/t18-,21+,22+/m0/s1. The fourth-order valence-corrected chi connectivity index (χ4v) is 5.44. The molecule has 2 saturated heterocycles. The van der Waals surface area contributed by atoms with E-state index in [-0.39, 0.29) is 11.9 Å². The number of aromatic nitrogens is 1. The van der Waals surface area contributed by atoms with E-state index in [9.17, 15) is 4.79 Å². The minimum Gasteiger partial charge on any atom is -0.496 e. The number of methoxy groups -OCH3 is 1. The Labute approximate surface area is 183 Å². The third kappa shape index (κ3) is 3.28. The SMILES string of the molecule is COc1ccc([C@H](C)N2C[C@H]3C[C@@H]2CN3C(=O)c2cc3ccccc3cn2)c(C)c1C. The van der Waals surface area contributed by atoms with Crippen molar-refractivity contribution in [2.45, 2.75) is 45.3 Å². The number of pyridine rings is 1. The third-order valence-corrected chi connectivity index (χ3v) is 7.34. The normalized spacial score (nSPS) is 21.6. The number of hydrogen-bond acceptors (Lipinski definition) is 4. The van der Waals surface area contributed by atoms with Gasteiger partial charge < -0.3 is 9.64 Å². The van der Waals surface area contributed by atoms with E-state index in [4.69, 9.17) is 4.74 Å². The van der Waals surface area contributed by atoms with E-state index < -0.39 is 0 Å². The minimum atomic E-state index is 0.0574. The van der Waals surface area contributed by atoms with Gasteiger partial charge in [-0.3, -0.25) is 14.7 Å². The summed E-state index contributed by atoms with van der Waals surface area (Å²) in [6.45, 7) is 8.27. The van der Waals surface area contributed by atoms with Gasteiger partial charge in [0.15, 0.2) is 0 Å². The number of rotatable bonds is 4. The maximum absolute atomic E-state index is 13.2. The molecule has 5 heteroatoms. The van der Waals surface area contributed by atoms with Crippen molar-refractivity contribution >= 4 is 16.7 Å². The highest BCUT2D eigenvalue weighted by atomic mass is 16.5. The molecule has 2 aliphatic rings. The van der Waals surface area contributed by atoms with Crippen LogP contribution in [0.4, 0.5) is 0 Å². The fourth-order valence-electron chi connectivity index (χ4n) is 5.44. The summed E-state index contributed by atoms with van der Waals surface area (Å²) in [6.07, 6.45) is 2.85. The summed E-state index contributed by atoms with van der Waals surface area (Å²) in [5.74, 6) is 0.998. The number of piperazine rings is 1. The van der Waals surface area contributed by atoms with Crippen LogP contribution in [0.25, 0.3) is 10.8 Å². The highest BCUT2D eigenvalue weighted by Gasteiger charge is 2.47. The molecule has 2 aromatic carbocycles. The zero-order valence-corrected chi connectivity index (χ0v) is 18.6. The number of nitrogens with zero attached hydrogens (tertiary/aromatic N) is 3. The first-order valence-corrected chi connectivity index (χ1v) is 11.0. The summed E-state index contributed by atoms with van der Waals surface area (Å²) in [5, 5.41) is 2.12. The summed E-state index contributed by atoms with van der Waals surface area (Å²) < 4.78 is 5.48. The molecule has 31 heavy (non-hydrogen) atoms. The van der Waals surface area contributed by atoms with Gasteiger partial charge in [-0.2, -0.15) is 0 Å². The van der Waals surface area contributed by atoms with E-state index in [2.05, 4.69) is 42.8 Å². The molecular formula is C26H29N3O2. The van der Waals surface area contributed by atoms with Crippen molar-refractivity contribution in [1.29, 1.82) is 0 Å². The lowest BCUT2D eigenvalue weighted by atomic mass is 9.96. The van der Waals surface area contributed by atoms with Crippen molar-refractivity contribution in [3.05, 3.63) is 71.0 Å². The van der Waals surface area contributed by atoms with Crippen molar-refractivity contribution in [3.63, 3.8) is 0 Å². The molecule has 5 rings (SSSR count). The Morgan fingerprint density at radius 3 is 2.55 bits per heavy atom. The lowest BCUT2D eigenvalue weighted by Gasteiger charge is -2.38. The Morgan fingerprint density at radius 1 is 1.06 bits per heavy atom. The van der Waals surface area contributed by atoms with E-state index >= 15 is 0 Å². The highest BCUT2D eigenvalue weighted by molar-refractivity contribution is 5.96. The van der Waals surface area contributed by atoms with E-state index in [1.165, 1.54) is 16.7 Å². The van der Waals surface area contributed by atoms with Gasteiger partial charge in [0.1, 0.15) is 11.4 Å². The molecule has 2 fully saturated rings. The number of carbonyl (C=O) groups is 1.